The van der Waals surface area contributed by atoms with E-state index in [-0.39, 0.29) is 50.6 Å². The fourth-order valence-electron chi connectivity index (χ4n) is 7.77. The first-order valence-corrected chi connectivity index (χ1v) is 22.0. The molecule has 0 amide bonds. The first kappa shape index (κ1) is 39.7. The molecule has 2 unspecified atom stereocenters. The van der Waals surface area contributed by atoms with Gasteiger partial charge in [0, 0.05) is 0 Å². The average Bonchev–Trinajstić information content (AvgIpc) is 3.45. The second-order valence-corrected chi connectivity index (χ2v) is 25.4. The molecule has 0 nitrogen and oxygen atoms in total. The summed E-state index contributed by atoms with van der Waals surface area (Å²) in [6, 6.07) is 20.1. The van der Waals surface area contributed by atoms with Crippen LogP contribution in [0.15, 0.2) is 81.2 Å². The molecule has 0 spiro atoms. The van der Waals surface area contributed by atoms with Crippen LogP contribution in [-0.4, -0.2) is 4.21 Å². The van der Waals surface area contributed by atoms with E-state index in [1.54, 1.807) is 12.1 Å². The van der Waals surface area contributed by atoms with Crippen molar-refractivity contribution in [3.05, 3.63) is 109 Å². The summed E-state index contributed by atoms with van der Waals surface area (Å²) in [4.78, 5) is 0. The molecular formula is C41H50Cl2F3Zr. The third-order valence-corrected chi connectivity index (χ3v) is 21.7. The van der Waals surface area contributed by atoms with E-state index in [4.69, 9.17) is 4.21 Å². The Morgan fingerprint density at radius 3 is 1.45 bits per heavy atom. The summed E-state index contributed by atoms with van der Waals surface area (Å²) in [6.45, 7) is 24.8. The molecule has 253 valence electrons. The van der Waals surface area contributed by atoms with Crippen LogP contribution in [0.1, 0.15) is 114 Å². The van der Waals surface area contributed by atoms with Crippen LogP contribution in [0.25, 0.3) is 11.1 Å². The molecule has 0 N–H and O–H groups in total. The van der Waals surface area contributed by atoms with E-state index in [9.17, 15) is 13.2 Å². The van der Waals surface area contributed by atoms with Crippen molar-refractivity contribution in [3.63, 3.8) is 0 Å². The van der Waals surface area contributed by atoms with Crippen molar-refractivity contribution in [2.45, 2.75) is 103 Å². The number of alkyl halides is 3. The van der Waals surface area contributed by atoms with Crippen LogP contribution in [0.3, 0.4) is 0 Å². The normalized spacial score (nSPS) is 17.5. The van der Waals surface area contributed by atoms with Crippen LogP contribution in [0, 0.1) is 11.3 Å². The van der Waals surface area contributed by atoms with Crippen LogP contribution in [0.5, 0.6) is 0 Å². The van der Waals surface area contributed by atoms with Gasteiger partial charge >= 0.3 is 275 Å². The molecular weight excluding hydrogens is 712 g/mol. The molecule has 0 fully saturated rings. The number of rotatable bonds is 4. The molecule has 2 aliphatic rings. The molecule has 0 aromatic heterocycles. The third kappa shape index (κ3) is 7.00. The van der Waals surface area contributed by atoms with Crippen molar-refractivity contribution in [2.75, 3.05) is 0 Å². The summed E-state index contributed by atoms with van der Waals surface area (Å²) in [5, 5.41) is 0. The summed E-state index contributed by atoms with van der Waals surface area (Å²) in [5.41, 5.74) is 9.64. The largest absolute Gasteiger partial charge is 1.00 e. The second-order valence-electron chi connectivity index (χ2n) is 16.4. The van der Waals surface area contributed by atoms with Crippen molar-refractivity contribution in [3.8, 4) is 11.1 Å². The summed E-state index contributed by atoms with van der Waals surface area (Å²) < 4.78 is 49.5. The fraction of sp³-hybridized carbons (Fsp3) is 0.439. The van der Waals surface area contributed by atoms with Crippen molar-refractivity contribution >= 4 is 7.48 Å². The van der Waals surface area contributed by atoms with Crippen molar-refractivity contribution in [2.24, 2.45) is 11.3 Å². The minimum atomic E-state index is -4.39. The van der Waals surface area contributed by atoms with Gasteiger partial charge in [-0.3, -0.25) is 0 Å². The SMILES string of the molecule is [CH2]=[Zr+2]([C]1=C(CC)C(C(C)(C)C)=CC1C)([c]1ccc(C(F)(F)F)cc1)[CH]1c2cc(C(C)(C)C)ccc2-c2ccc(C(C)(C)C)cc21.[Cl-].[Cl-]. The number of allylic oxidation sites excluding steroid dienone is 4. The molecule has 0 bridgehead atoms. The summed E-state index contributed by atoms with van der Waals surface area (Å²) in [5.74, 6) is 0.175. The minimum absolute atomic E-state index is 0. The number of hydrogen-bond acceptors (Lipinski definition) is 0. The Labute approximate surface area is 298 Å². The van der Waals surface area contributed by atoms with Gasteiger partial charge in [0.1, 0.15) is 0 Å². The van der Waals surface area contributed by atoms with Gasteiger partial charge in [-0.25, -0.2) is 0 Å². The standard InChI is InChI=1S/C21H25.C12H19.C7H4F3.CH2.2ClH.Zr/c1-20(2,3)16-7-9-18-14(12-16)11-15-13-17(21(4,5)6)8-10-19(15)18;1-6-10-7-9(2)8-11(10)12(3,4)5;8-7(9,10)6-4-2-1-3-5-6;;;;/h7-13H,1-6H3;8-9H,6H2,1-5H3;2-5H;1H2;2*1H;/q;;;;;;+2/p-2. The predicted molar refractivity (Wildman–Crippen MR) is 183 cm³/mol. The van der Waals surface area contributed by atoms with E-state index < -0.39 is 31.5 Å². The maximum absolute atomic E-state index is 13.9. The van der Waals surface area contributed by atoms with Crippen molar-refractivity contribution in [1.29, 1.82) is 0 Å². The molecule has 0 saturated heterocycles. The average molecular weight is 762 g/mol. The quantitative estimate of drug-likeness (QED) is 0.326. The van der Waals surface area contributed by atoms with Gasteiger partial charge in [-0.1, -0.05) is 0 Å². The summed E-state index contributed by atoms with van der Waals surface area (Å²) in [6.07, 6.45) is -1.07. The molecule has 6 heteroatoms. The maximum Gasteiger partial charge on any atom is -1.00 e. The third-order valence-electron chi connectivity index (χ3n) is 10.1. The smallest absolute Gasteiger partial charge is 1.00 e. The first-order chi connectivity index (χ1) is 20.6. The number of benzene rings is 3. The van der Waals surface area contributed by atoms with E-state index in [1.807, 2.05) is 0 Å². The molecule has 47 heavy (non-hydrogen) atoms. The Hall–Kier alpha value is -1.74. The van der Waals surface area contributed by atoms with Crippen LogP contribution < -0.4 is 28.1 Å². The molecule has 3 aromatic rings. The maximum atomic E-state index is 13.9. The van der Waals surface area contributed by atoms with Gasteiger partial charge in [-0.05, 0) is 0 Å². The summed E-state index contributed by atoms with van der Waals surface area (Å²) >= 11 is -4.20. The topological polar surface area (TPSA) is 0 Å². The Morgan fingerprint density at radius 2 is 1.09 bits per heavy atom. The van der Waals surface area contributed by atoms with Crippen LogP contribution >= 0.6 is 0 Å². The van der Waals surface area contributed by atoms with Gasteiger partial charge in [0.25, 0.3) is 0 Å². The van der Waals surface area contributed by atoms with Crippen molar-refractivity contribution < 1.29 is 57.8 Å². The molecule has 3 aromatic carbocycles. The molecule has 0 heterocycles. The summed E-state index contributed by atoms with van der Waals surface area (Å²) in [7, 11) is 0. The fourth-order valence-corrected chi connectivity index (χ4v) is 20.1. The molecule has 2 atom stereocenters. The van der Waals surface area contributed by atoms with E-state index >= 15 is 0 Å². The van der Waals surface area contributed by atoms with E-state index in [0.29, 0.717) is 0 Å². The van der Waals surface area contributed by atoms with E-state index in [1.165, 1.54) is 59.9 Å². The van der Waals surface area contributed by atoms with Gasteiger partial charge in [-0.2, -0.15) is 0 Å². The number of fused-ring (bicyclic) bond motifs is 3. The van der Waals surface area contributed by atoms with Gasteiger partial charge < -0.3 is 24.8 Å². The molecule has 0 radical (unpaired) electrons. The number of halogens is 5. The Morgan fingerprint density at radius 1 is 0.660 bits per heavy atom. The van der Waals surface area contributed by atoms with Gasteiger partial charge in [0.05, 0.1) is 0 Å². The van der Waals surface area contributed by atoms with Crippen molar-refractivity contribution in [1.82, 2.24) is 0 Å². The van der Waals surface area contributed by atoms with Crippen LogP contribution in [0.4, 0.5) is 13.2 Å². The monoisotopic (exact) mass is 759 g/mol. The predicted octanol–water partition coefficient (Wildman–Crippen LogP) is 5.58. The van der Waals surface area contributed by atoms with Gasteiger partial charge in [0.2, 0.25) is 0 Å². The van der Waals surface area contributed by atoms with E-state index in [2.05, 4.69) is 119 Å². The zero-order valence-electron chi connectivity index (χ0n) is 29.8. The molecule has 0 saturated carbocycles. The molecule has 2 aliphatic carbocycles. The van der Waals surface area contributed by atoms with E-state index in [0.717, 1.165) is 9.69 Å². The Bertz CT molecular complexity index is 1690. The zero-order chi connectivity index (χ0) is 33.5. The number of hydrogen-bond donors (Lipinski definition) is 0. The first-order valence-electron chi connectivity index (χ1n) is 16.4. The second kappa shape index (κ2) is 13.2. The molecule has 5 rings (SSSR count). The Kier molecular flexibility index (Phi) is 11.1. The van der Waals surface area contributed by atoms with Crippen LogP contribution in [-0.2, 0) is 36.8 Å². The Balaban J connectivity index is 0.00000300. The van der Waals surface area contributed by atoms with Gasteiger partial charge in [0.15, 0.2) is 0 Å². The molecule has 0 aliphatic heterocycles. The zero-order valence-corrected chi connectivity index (χ0v) is 33.8. The minimum Gasteiger partial charge on any atom is -1.00 e. The van der Waals surface area contributed by atoms with Gasteiger partial charge in [-0.15, -0.1) is 0 Å². The van der Waals surface area contributed by atoms with Crippen LogP contribution in [0.2, 0.25) is 0 Å².